The second kappa shape index (κ2) is 10.6. The molecule has 0 saturated carbocycles. The number of aryl methyl sites for hydroxylation is 1. The van der Waals surface area contributed by atoms with Crippen molar-refractivity contribution in [2.24, 2.45) is 0 Å². The van der Waals surface area contributed by atoms with Crippen LogP contribution in [0.1, 0.15) is 15.9 Å². The number of piperazine rings is 1. The van der Waals surface area contributed by atoms with Gasteiger partial charge in [0.25, 0.3) is 5.91 Å². The lowest BCUT2D eigenvalue weighted by Crippen LogP contribution is -3.15. The van der Waals surface area contributed by atoms with E-state index in [9.17, 15) is 14.4 Å². The van der Waals surface area contributed by atoms with Crippen molar-refractivity contribution < 1.29 is 19.3 Å². The summed E-state index contributed by atoms with van der Waals surface area (Å²) in [7, 11) is 0. The van der Waals surface area contributed by atoms with E-state index in [1.807, 2.05) is 11.8 Å². The summed E-state index contributed by atoms with van der Waals surface area (Å²) in [4.78, 5) is 39.7. The molecule has 1 aliphatic rings. The first-order valence-electron chi connectivity index (χ1n) is 10.1. The molecule has 1 fully saturated rings. The van der Waals surface area contributed by atoms with Gasteiger partial charge in [0.1, 0.15) is 0 Å². The molecule has 0 spiro atoms. The fraction of sp³-hybridized carbons (Fsp3) is 0.318. The number of carbonyl (C=O) groups is 3. The molecular weight excluding hydrogens is 439 g/mol. The standard InChI is InChI=1S/C22H24Cl2N4O3/c1-15-2-7-18(14-19(15)24)26-21(30)20(29)25-8-9-27-10-12-28(13-11-27)22(31)16-3-5-17(23)6-4-16/h2-7,14H,8-13H2,1H3,(H,25,29)(H,26,30)/p+1. The van der Waals surface area contributed by atoms with E-state index in [1.165, 1.54) is 4.90 Å². The first-order valence-corrected chi connectivity index (χ1v) is 10.8. The quantitative estimate of drug-likeness (QED) is 0.586. The summed E-state index contributed by atoms with van der Waals surface area (Å²) in [5.74, 6) is -1.42. The SMILES string of the molecule is Cc1ccc(NC(=O)C(=O)NCC[NH+]2CCN(C(=O)c3ccc(Cl)cc3)CC2)cc1Cl. The normalized spacial score (nSPS) is 14.2. The molecule has 1 saturated heterocycles. The number of hydrogen-bond acceptors (Lipinski definition) is 3. The van der Waals surface area contributed by atoms with Crippen LogP contribution in [0.2, 0.25) is 10.0 Å². The molecule has 9 heteroatoms. The van der Waals surface area contributed by atoms with E-state index in [0.717, 1.165) is 18.7 Å². The van der Waals surface area contributed by atoms with Gasteiger partial charge in [0.15, 0.2) is 0 Å². The van der Waals surface area contributed by atoms with Crippen molar-refractivity contribution in [2.45, 2.75) is 6.92 Å². The van der Waals surface area contributed by atoms with Crippen LogP contribution >= 0.6 is 23.2 Å². The number of carbonyl (C=O) groups excluding carboxylic acids is 3. The molecular formula is C22H25Cl2N4O3+. The maximum absolute atomic E-state index is 12.5. The number of hydrogen-bond donors (Lipinski definition) is 3. The van der Waals surface area contributed by atoms with Gasteiger partial charge in [0, 0.05) is 21.3 Å². The topological polar surface area (TPSA) is 82.9 Å². The van der Waals surface area contributed by atoms with Gasteiger partial charge in [0.05, 0.1) is 39.3 Å². The van der Waals surface area contributed by atoms with Crippen LogP contribution in [0.15, 0.2) is 42.5 Å². The molecule has 0 aromatic heterocycles. The molecule has 3 amide bonds. The smallest absolute Gasteiger partial charge is 0.313 e. The number of quaternary nitrogens is 1. The van der Waals surface area contributed by atoms with Gasteiger partial charge in [-0.3, -0.25) is 14.4 Å². The summed E-state index contributed by atoms with van der Waals surface area (Å²) >= 11 is 11.9. The monoisotopic (exact) mass is 463 g/mol. The average Bonchev–Trinajstić information content (AvgIpc) is 2.76. The molecule has 7 nitrogen and oxygen atoms in total. The second-order valence-corrected chi connectivity index (χ2v) is 8.32. The Morgan fingerprint density at radius 3 is 2.32 bits per heavy atom. The van der Waals surface area contributed by atoms with Crippen LogP contribution in [0.25, 0.3) is 0 Å². The van der Waals surface area contributed by atoms with Crippen molar-refractivity contribution in [1.29, 1.82) is 0 Å². The summed E-state index contributed by atoms with van der Waals surface area (Å²) in [5.41, 5.74) is 1.99. The third kappa shape index (κ3) is 6.43. The molecule has 1 aliphatic heterocycles. The van der Waals surface area contributed by atoms with E-state index >= 15 is 0 Å². The minimum atomic E-state index is -0.728. The Morgan fingerprint density at radius 2 is 1.68 bits per heavy atom. The maximum atomic E-state index is 12.5. The Morgan fingerprint density at radius 1 is 1.00 bits per heavy atom. The molecule has 0 atom stereocenters. The molecule has 164 valence electrons. The van der Waals surface area contributed by atoms with Gasteiger partial charge in [-0.05, 0) is 48.9 Å². The number of halogens is 2. The molecule has 0 aliphatic carbocycles. The third-order valence-corrected chi connectivity index (χ3v) is 5.91. The van der Waals surface area contributed by atoms with Gasteiger partial charge in [-0.1, -0.05) is 29.3 Å². The van der Waals surface area contributed by atoms with E-state index in [2.05, 4.69) is 10.6 Å². The summed E-state index contributed by atoms with van der Waals surface area (Å²) in [5, 5.41) is 6.31. The van der Waals surface area contributed by atoms with E-state index in [0.29, 0.717) is 47.5 Å². The molecule has 3 N–H and O–H groups in total. The summed E-state index contributed by atoms with van der Waals surface area (Å²) in [6, 6.07) is 12.0. The Kier molecular flexibility index (Phi) is 7.90. The molecule has 1 heterocycles. The Balaban J connectivity index is 1.38. The predicted molar refractivity (Wildman–Crippen MR) is 121 cm³/mol. The van der Waals surface area contributed by atoms with Gasteiger partial charge in [-0.15, -0.1) is 0 Å². The summed E-state index contributed by atoms with van der Waals surface area (Å²) in [6.07, 6.45) is 0. The zero-order valence-electron chi connectivity index (χ0n) is 17.2. The van der Waals surface area contributed by atoms with Gasteiger partial charge in [0.2, 0.25) is 0 Å². The zero-order chi connectivity index (χ0) is 22.4. The van der Waals surface area contributed by atoms with Crippen LogP contribution in [0, 0.1) is 6.92 Å². The van der Waals surface area contributed by atoms with Gasteiger partial charge in [-0.25, -0.2) is 0 Å². The lowest BCUT2D eigenvalue weighted by atomic mass is 10.2. The molecule has 0 radical (unpaired) electrons. The Labute approximate surface area is 191 Å². The highest BCUT2D eigenvalue weighted by Gasteiger charge is 2.24. The Hall–Kier alpha value is -2.61. The molecule has 3 rings (SSSR count). The van der Waals surface area contributed by atoms with Crippen molar-refractivity contribution in [2.75, 3.05) is 44.6 Å². The van der Waals surface area contributed by atoms with Crippen LogP contribution in [-0.4, -0.2) is 61.9 Å². The first-order chi connectivity index (χ1) is 14.8. The van der Waals surface area contributed by atoms with E-state index in [-0.39, 0.29) is 5.91 Å². The highest BCUT2D eigenvalue weighted by atomic mass is 35.5. The lowest BCUT2D eigenvalue weighted by Gasteiger charge is -2.32. The highest BCUT2D eigenvalue weighted by Crippen LogP contribution is 2.19. The second-order valence-electron chi connectivity index (χ2n) is 7.47. The van der Waals surface area contributed by atoms with E-state index in [1.54, 1.807) is 42.5 Å². The van der Waals surface area contributed by atoms with Crippen molar-refractivity contribution in [3.8, 4) is 0 Å². The lowest BCUT2D eigenvalue weighted by molar-refractivity contribution is -0.902. The largest absolute Gasteiger partial charge is 0.342 e. The van der Waals surface area contributed by atoms with Gasteiger partial charge in [-0.2, -0.15) is 0 Å². The van der Waals surface area contributed by atoms with Crippen molar-refractivity contribution >= 4 is 46.6 Å². The minimum Gasteiger partial charge on any atom is -0.342 e. The molecule has 31 heavy (non-hydrogen) atoms. The fourth-order valence-electron chi connectivity index (χ4n) is 3.34. The third-order valence-electron chi connectivity index (χ3n) is 5.25. The average molecular weight is 464 g/mol. The number of nitrogens with zero attached hydrogens (tertiary/aromatic N) is 1. The van der Waals surface area contributed by atoms with Gasteiger partial charge < -0.3 is 20.4 Å². The number of benzene rings is 2. The number of nitrogens with one attached hydrogen (secondary N) is 3. The van der Waals surface area contributed by atoms with E-state index < -0.39 is 11.8 Å². The molecule has 2 aromatic carbocycles. The number of anilines is 1. The van der Waals surface area contributed by atoms with Crippen LogP contribution in [-0.2, 0) is 9.59 Å². The van der Waals surface area contributed by atoms with Crippen molar-refractivity contribution in [3.05, 3.63) is 63.6 Å². The van der Waals surface area contributed by atoms with Gasteiger partial charge >= 0.3 is 11.8 Å². The minimum absolute atomic E-state index is 0.00287. The highest BCUT2D eigenvalue weighted by molar-refractivity contribution is 6.39. The summed E-state index contributed by atoms with van der Waals surface area (Å²) < 4.78 is 0. The fourth-order valence-corrected chi connectivity index (χ4v) is 3.65. The zero-order valence-corrected chi connectivity index (χ0v) is 18.7. The van der Waals surface area contributed by atoms with Crippen LogP contribution in [0.3, 0.4) is 0 Å². The van der Waals surface area contributed by atoms with Crippen molar-refractivity contribution in [3.63, 3.8) is 0 Å². The van der Waals surface area contributed by atoms with Crippen molar-refractivity contribution in [1.82, 2.24) is 10.2 Å². The molecule has 2 aromatic rings. The Bertz CT molecular complexity index is 958. The van der Waals surface area contributed by atoms with Crippen LogP contribution < -0.4 is 15.5 Å². The van der Waals surface area contributed by atoms with Crippen LogP contribution in [0.4, 0.5) is 5.69 Å². The number of rotatable bonds is 5. The van der Waals surface area contributed by atoms with Crippen LogP contribution in [0.5, 0.6) is 0 Å². The predicted octanol–water partition coefficient (Wildman–Crippen LogP) is 1.40. The van der Waals surface area contributed by atoms with E-state index in [4.69, 9.17) is 23.2 Å². The molecule has 0 unspecified atom stereocenters. The first kappa shape index (κ1) is 23.1. The summed E-state index contributed by atoms with van der Waals surface area (Å²) in [6.45, 7) is 5.75. The maximum Gasteiger partial charge on any atom is 0.313 e. The number of amides is 3. The molecule has 0 bridgehead atoms.